The molecule has 7 heteroatoms. The maximum atomic E-state index is 4.96. The van der Waals surface area contributed by atoms with E-state index in [1.54, 1.807) is 0 Å². The molecule has 3 unspecified atom stereocenters. The molecule has 1 aliphatic heterocycles. The molecule has 150 valence electrons. The number of piperidine rings is 1. The van der Waals surface area contributed by atoms with E-state index in [1.165, 1.54) is 6.42 Å². The Hall–Kier alpha value is -0.830. The van der Waals surface area contributed by atoms with Crippen molar-refractivity contribution in [2.24, 2.45) is 10.9 Å². The van der Waals surface area contributed by atoms with Gasteiger partial charge in [0.15, 0.2) is 5.96 Å². The van der Waals surface area contributed by atoms with Crippen LogP contribution in [0.5, 0.6) is 0 Å². The van der Waals surface area contributed by atoms with Gasteiger partial charge in [-0.25, -0.2) is 4.98 Å². The molecule has 1 aliphatic rings. The van der Waals surface area contributed by atoms with Gasteiger partial charge in [0, 0.05) is 38.1 Å². The van der Waals surface area contributed by atoms with Gasteiger partial charge in [0.2, 0.25) is 0 Å². The zero-order valence-electron chi connectivity index (χ0n) is 17.1. The van der Waals surface area contributed by atoms with Gasteiger partial charge in [-0.1, -0.05) is 20.8 Å². The van der Waals surface area contributed by atoms with Crippen LogP contribution in [0.25, 0.3) is 0 Å². The van der Waals surface area contributed by atoms with Crippen molar-refractivity contribution in [2.45, 2.75) is 53.1 Å². The van der Waals surface area contributed by atoms with E-state index in [1.807, 2.05) is 12.5 Å². The van der Waals surface area contributed by atoms with Crippen LogP contribution in [0.3, 0.4) is 0 Å². The number of imidazole rings is 1. The first-order valence-electron chi connectivity index (χ1n) is 9.85. The fraction of sp³-hybridized carbons (Fsp3) is 0.789. The van der Waals surface area contributed by atoms with Crippen LogP contribution >= 0.6 is 24.0 Å². The van der Waals surface area contributed by atoms with E-state index in [2.05, 4.69) is 65.5 Å². The fourth-order valence-electron chi connectivity index (χ4n) is 3.70. The number of nitrogens with zero attached hydrogens (tertiary/aromatic N) is 5. The molecule has 26 heavy (non-hydrogen) atoms. The average Bonchev–Trinajstić information content (AvgIpc) is 3.14. The lowest BCUT2D eigenvalue weighted by atomic mass is 9.93. The van der Waals surface area contributed by atoms with Crippen LogP contribution in [0.2, 0.25) is 0 Å². The second kappa shape index (κ2) is 11.8. The lowest BCUT2D eigenvalue weighted by Crippen LogP contribution is -2.49. The molecule has 2 heterocycles. The molecule has 3 atom stereocenters. The summed E-state index contributed by atoms with van der Waals surface area (Å²) in [5.41, 5.74) is 0. The molecule has 0 amide bonds. The lowest BCUT2D eigenvalue weighted by molar-refractivity contribution is 0.188. The van der Waals surface area contributed by atoms with Crippen molar-refractivity contribution in [3.63, 3.8) is 0 Å². The Balaban J connectivity index is 0.00000338. The number of rotatable bonds is 7. The quantitative estimate of drug-likeness (QED) is 0.374. The third-order valence-electron chi connectivity index (χ3n) is 5.40. The van der Waals surface area contributed by atoms with Crippen LogP contribution in [-0.4, -0.2) is 70.6 Å². The summed E-state index contributed by atoms with van der Waals surface area (Å²) in [7, 11) is 0. The van der Waals surface area contributed by atoms with Crippen molar-refractivity contribution in [1.82, 2.24) is 24.7 Å². The molecular weight excluding hydrogens is 439 g/mol. The van der Waals surface area contributed by atoms with Gasteiger partial charge >= 0.3 is 0 Å². The van der Waals surface area contributed by atoms with Crippen LogP contribution in [0.1, 0.15) is 47.1 Å². The second-order valence-corrected chi connectivity index (χ2v) is 7.05. The Kier molecular flexibility index (Phi) is 10.5. The molecule has 1 aromatic rings. The molecule has 1 aromatic heterocycles. The number of aromatic nitrogens is 2. The van der Waals surface area contributed by atoms with E-state index in [9.17, 15) is 0 Å². The SMILES string of the molecule is CCNC(=NCC(C)N(CC)CC)N1CCC(C)C(n2ccnc2)C1.I. The summed E-state index contributed by atoms with van der Waals surface area (Å²) in [6.45, 7) is 17.1. The van der Waals surface area contributed by atoms with Gasteiger partial charge in [-0.05, 0) is 39.3 Å². The number of hydrogen-bond acceptors (Lipinski definition) is 3. The summed E-state index contributed by atoms with van der Waals surface area (Å²) in [6, 6.07) is 0.928. The highest BCUT2D eigenvalue weighted by atomic mass is 127. The van der Waals surface area contributed by atoms with Crippen LogP contribution < -0.4 is 5.32 Å². The minimum Gasteiger partial charge on any atom is -0.357 e. The Morgan fingerprint density at radius 2 is 2.08 bits per heavy atom. The summed E-state index contributed by atoms with van der Waals surface area (Å²) < 4.78 is 2.25. The van der Waals surface area contributed by atoms with E-state index in [-0.39, 0.29) is 24.0 Å². The maximum Gasteiger partial charge on any atom is 0.194 e. The Morgan fingerprint density at radius 1 is 1.35 bits per heavy atom. The summed E-state index contributed by atoms with van der Waals surface area (Å²) in [5, 5.41) is 3.50. The number of likely N-dealkylation sites (N-methyl/N-ethyl adjacent to an activating group) is 1. The van der Waals surface area contributed by atoms with E-state index in [0.717, 1.165) is 45.2 Å². The van der Waals surface area contributed by atoms with E-state index in [0.29, 0.717) is 18.0 Å². The van der Waals surface area contributed by atoms with Crippen molar-refractivity contribution in [3.8, 4) is 0 Å². The lowest BCUT2D eigenvalue weighted by Gasteiger charge is -2.39. The van der Waals surface area contributed by atoms with E-state index < -0.39 is 0 Å². The van der Waals surface area contributed by atoms with Crippen LogP contribution in [-0.2, 0) is 0 Å². The number of nitrogens with one attached hydrogen (secondary N) is 1. The standard InChI is InChI=1S/C19H36N6.HI/c1-6-21-19(22-13-17(5)23(7-2)8-3)24-11-9-16(4)18(14-24)25-12-10-20-15-25;/h10,12,15-18H,6-9,11,13-14H2,1-5H3,(H,21,22);1H. The predicted molar refractivity (Wildman–Crippen MR) is 120 cm³/mol. The van der Waals surface area contributed by atoms with Gasteiger partial charge in [0.1, 0.15) is 0 Å². The molecule has 0 aromatic carbocycles. The minimum absolute atomic E-state index is 0. The monoisotopic (exact) mass is 476 g/mol. The van der Waals surface area contributed by atoms with Gasteiger partial charge in [-0.3, -0.25) is 9.89 Å². The normalized spacial score (nSPS) is 22.2. The smallest absolute Gasteiger partial charge is 0.194 e. The van der Waals surface area contributed by atoms with Crippen molar-refractivity contribution in [1.29, 1.82) is 0 Å². The van der Waals surface area contributed by atoms with Crippen LogP contribution in [0.15, 0.2) is 23.7 Å². The molecular formula is C19H37IN6. The minimum atomic E-state index is 0. The highest BCUT2D eigenvalue weighted by molar-refractivity contribution is 14.0. The van der Waals surface area contributed by atoms with Crippen LogP contribution in [0, 0.1) is 5.92 Å². The van der Waals surface area contributed by atoms with Gasteiger partial charge in [0.05, 0.1) is 18.9 Å². The maximum absolute atomic E-state index is 4.96. The molecule has 0 radical (unpaired) electrons. The second-order valence-electron chi connectivity index (χ2n) is 7.05. The third kappa shape index (κ3) is 6.11. The molecule has 0 aliphatic carbocycles. The predicted octanol–water partition coefficient (Wildman–Crippen LogP) is 3.08. The van der Waals surface area contributed by atoms with E-state index >= 15 is 0 Å². The molecule has 2 rings (SSSR count). The molecule has 6 nitrogen and oxygen atoms in total. The first-order valence-corrected chi connectivity index (χ1v) is 9.85. The van der Waals surface area contributed by atoms with E-state index in [4.69, 9.17) is 4.99 Å². The zero-order valence-corrected chi connectivity index (χ0v) is 19.4. The topological polar surface area (TPSA) is 48.7 Å². The number of guanidine groups is 1. The average molecular weight is 476 g/mol. The highest BCUT2D eigenvalue weighted by Crippen LogP contribution is 2.27. The first-order chi connectivity index (χ1) is 12.1. The summed E-state index contributed by atoms with van der Waals surface area (Å²) in [4.78, 5) is 14.1. The van der Waals surface area contributed by atoms with Gasteiger partial charge in [-0.2, -0.15) is 0 Å². The van der Waals surface area contributed by atoms with Crippen LogP contribution in [0.4, 0.5) is 0 Å². The number of likely N-dealkylation sites (tertiary alicyclic amines) is 1. The molecule has 1 N–H and O–H groups in total. The summed E-state index contributed by atoms with van der Waals surface area (Å²) in [6.07, 6.45) is 7.07. The number of aliphatic imine (C=N–C) groups is 1. The van der Waals surface area contributed by atoms with Gasteiger partial charge in [0.25, 0.3) is 0 Å². The summed E-state index contributed by atoms with van der Waals surface area (Å²) in [5.74, 6) is 1.71. The first kappa shape index (κ1) is 23.2. The molecule has 0 bridgehead atoms. The highest BCUT2D eigenvalue weighted by Gasteiger charge is 2.29. The Morgan fingerprint density at radius 3 is 2.65 bits per heavy atom. The molecule has 1 fully saturated rings. The van der Waals surface area contributed by atoms with Gasteiger partial charge < -0.3 is 14.8 Å². The summed E-state index contributed by atoms with van der Waals surface area (Å²) >= 11 is 0. The zero-order chi connectivity index (χ0) is 18.2. The largest absolute Gasteiger partial charge is 0.357 e. The van der Waals surface area contributed by atoms with Crippen molar-refractivity contribution in [2.75, 3.05) is 39.3 Å². The number of halogens is 1. The Bertz CT molecular complexity index is 514. The molecule has 1 saturated heterocycles. The van der Waals surface area contributed by atoms with Crippen molar-refractivity contribution < 1.29 is 0 Å². The number of hydrogen-bond donors (Lipinski definition) is 1. The molecule has 0 spiro atoms. The van der Waals surface area contributed by atoms with Crippen molar-refractivity contribution >= 4 is 29.9 Å². The molecule has 0 saturated carbocycles. The third-order valence-corrected chi connectivity index (χ3v) is 5.40. The Labute approximate surface area is 176 Å². The van der Waals surface area contributed by atoms with Gasteiger partial charge in [-0.15, -0.1) is 24.0 Å². The van der Waals surface area contributed by atoms with Crippen molar-refractivity contribution in [3.05, 3.63) is 18.7 Å². The fourth-order valence-corrected chi connectivity index (χ4v) is 3.70.